The van der Waals surface area contributed by atoms with E-state index >= 15 is 0 Å². The number of hydrogen-bond donors (Lipinski definition) is 2. The summed E-state index contributed by atoms with van der Waals surface area (Å²) in [5, 5.41) is 8.82. The number of ether oxygens (including phenoxy) is 2. The van der Waals surface area contributed by atoms with Gasteiger partial charge in [-0.25, -0.2) is 0 Å². The standard InChI is InChI=1S/C13H27NO4/c1-12(2,3)18-10-9-17-8-6-5-7-13(4,14)11(15)16/h5-10,14H2,1-4H3,(H,15,16). The van der Waals surface area contributed by atoms with Crippen LogP contribution in [0.1, 0.15) is 47.0 Å². The SMILES string of the molecule is CC(C)(C)OCCOCCCCC(C)(N)C(=O)O. The maximum Gasteiger partial charge on any atom is 0.323 e. The maximum atomic E-state index is 10.7. The summed E-state index contributed by atoms with van der Waals surface area (Å²) < 4.78 is 10.9. The van der Waals surface area contributed by atoms with Crippen LogP contribution in [0.15, 0.2) is 0 Å². The fraction of sp³-hybridized carbons (Fsp3) is 0.923. The van der Waals surface area contributed by atoms with E-state index in [1.807, 2.05) is 20.8 Å². The number of carboxylic acids is 1. The molecule has 0 heterocycles. The fourth-order valence-electron chi connectivity index (χ4n) is 1.31. The Morgan fingerprint density at radius 3 is 2.22 bits per heavy atom. The number of rotatable bonds is 9. The second-order valence-corrected chi connectivity index (χ2v) is 5.75. The van der Waals surface area contributed by atoms with E-state index in [0.717, 1.165) is 12.8 Å². The Balaban J connectivity index is 3.40. The van der Waals surface area contributed by atoms with E-state index < -0.39 is 11.5 Å². The van der Waals surface area contributed by atoms with Crippen molar-refractivity contribution in [2.75, 3.05) is 19.8 Å². The highest BCUT2D eigenvalue weighted by molar-refractivity contribution is 5.77. The second-order valence-electron chi connectivity index (χ2n) is 5.75. The van der Waals surface area contributed by atoms with Gasteiger partial charge in [-0.2, -0.15) is 0 Å². The lowest BCUT2D eigenvalue weighted by atomic mass is 9.97. The lowest BCUT2D eigenvalue weighted by Crippen LogP contribution is -2.44. The first-order valence-corrected chi connectivity index (χ1v) is 6.39. The van der Waals surface area contributed by atoms with E-state index in [1.165, 1.54) is 6.92 Å². The third-order valence-electron chi connectivity index (χ3n) is 2.49. The van der Waals surface area contributed by atoms with Crippen LogP contribution in [0.3, 0.4) is 0 Å². The van der Waals surface area contributed by atoms with Crippen LogP contribution in [-0.4, -0.2) is 42.0 Å². The number of hydrogen-bond acceptors (Lipinski definition) is 4. The predicted octanol–water partition coefficient (Wildman–Crippen LogP) is 1.79. The van der Waals surface area contributed by atoms with Gasteiger partial charge in [-0.05, 0) is 47.0 Å². The van der Waals surface area contributed by atoms with Gasteiger partial charge in [-0.1, -0.05) is 0 Å². The first-order valence-electron chi connectivity index (χ1n) is 6.39. The molecule has 0 aliphatic heterocycles. The van der Waals surface area contributed by atoms with E-state index in [2.05, 4.69) is 0 Å². The van der Waals surface area contributed by atoms with E-state index in [4.69, 9.17) is 20.3 Å². The van der Waals surface area contributed by atoms with Gasteiger partial charge in [-0.15, -0.1) is 0 Å². The molecule has 0 spiro atoms. The molecule has 0 aromatic carbocycles. The molecule has 0 radical (unpaired) electrons. The van der Waals surface area contributed by atoms with Crippen molar-refractivity contribution in [1.82, 2.24) is 0 Å². The lowest BCUT2D eigenvalue weighted by molar-refractivity contribution is -0.142. The van der Waals surface area contributed by atoms with E-state index in [1.54, 1.807) is 0 Å². The molecule has 5 nitrogen and oxygen atoms in total. The Hall–Kier alpha value is -0.650. The van der Waals surface area contributed by atoms with Crippen LogP contribution in [-0.2, 0) is 14.3 Å². The van der Waals surface area contributed by atoms with Crippen LogP contribution in [0.25, 0.3) is 0 Å². The molecule has 0 bridgehead atoms. The number of carboxylic acid groups (broad SMARTS) is 1. The van der Waals surface area contributed by atoms with E-state index in [9.17, 15) is 4.79 Å². The molecule has 18 heavy (non-hydrogen) atoms. The Morgan fingerprint density at radius 2 is 1.72 bits per heavy atom. The monoisotopic (exact) mass is 261 g/mol. The number of unbranched alkanes of at least 4 members (excludes halogenated alkanes) is 1. The summed E-state index contributed by atoms with van der Waals surface area (Å²) in [4.78, 5) is 10.7. The number of nitrogens with two attached hydrogens (primary N) is 1. The van der Waals surface area contributed by atoms with Gasteiger partial charge in [0, 0.05) is 6.61 Å². The third-order valence-corrected chi connectivity index (χ3v) is 2.49. The highest BCUT2D eigenvalue weighted by Gasteiger charge is 2.26. The number of carbonyl (C=O) groups is 1. The van der Waals surface area contributed by atoms with Crippen molar-refractivity contribution in [3.05, 3.63) is 0 Å². The van der Waals surface area contributed by atoms with Crippen molar-refractivity contribution in [2.24, 2.45) is 5.73 Å². The molecular formula is C13H27NO4. The zero-order valence-electron chi connectivity index (χ0n) is 12.0. The van der Waals surface area contributed by atoms with Gasteiger partial charge in [0.15, 0.2) is 0 Å². The van der Waals surface area contributed by atoms with E-state index in [-0.39, 0.29) is 5.60 Å². The van der Waals surface area contributed by atoms with Crippen LogP contribution in [0, 0.1) is 0 Å². The van der Waals surface area contributed by atoms with Gasteiger partial charge in [-0.3, -0.25) is 4.79 Å². The zero-order valence-corrected chi connectivity index (χ0v) is 12.0. The van der Waals surface area contributed by atoms with Gasteiger partial charge >= 0.3 is 5.97 Å². The molecule has 5 heteroatoms. The molecule has 108 valence electrons. The van der Waals surface area contributed by atoms with Gasteiger partial charge in [0.05, 0.1) is 18.8 Å². The number of aliphatic carboxylic acids is 1. The van der Waals surface area contributed by atoms with Crippen LogP contribution in [0.5, 0.6) is 0 Å². The van der Waals surface area contributed by atoms with Crippen LogP contribution in [0.4, 0.5) is 0 Å². The minimum atomic E-state index is -1.13. The first-order chi connectivity index (χ1) is 8.15. The van der Waals surface area contributed by atoms with Crippen molar-refractivity contribution in [3.63, 3.8) is 0 Å². The highest BCUT2D eigenvalue weighted by atomic mass is 16.5. The zero-order chi connectivity index (χ0) is 14.2. The minimum Gasteiger partial charge on any atom is -0.480 e. The molecule has 0 aromatic rings. The van der Waals surface area contributed by atoms with Crippen LogP contribution >= 0.6 is 0 Å². The molecule has 0 amide bonds. The van der Waals surface area contributed by atoms with Crippen LogP contribution < -0.4 is 5.73 Å². The van der Waals surface area contributed by atoms with Gasteiger partial charge in [0.25, 0.3) is 0 Å². The molecule has 0 fully saturated rings. The Bertz CT molecular complexity index is 246. The molecule has 1 atom stereocenters. The van der Waals surface area contributed by atoms with Crippen molar-refractivity contribution in [2.45, 2.75) is 58.1 Å². The third kappa shape index (κ3) is 9.39. The second kappa shape index (κ2) is 7.71. The summed E-state index contributed by atoms with van der Waals surface area (Å²) in [6.45, 7) is 9.29. The molecule has 0 rings (SSSR count). The fourth-order valence-corrected chi connectivity index (χ4v) is 1.31. The summed E-state index contributed by atoms with van der Waals surface area (Å²) in [6.07, 6.45) is 2.03. The van der Waals surface area contributed by atoms with Crippen molar-refractivity contribution in [1.29, 1.82) is 0 Å². The average molecular weight is 261 g/mol. The molecule has 0 aliphatic rings. The summed E-state index contributed by atoms with van der Waals surface area (Å²) in [5.74, 6) is -0.956. The van der Waals surface area contributed by atoms with Crippen molar-refractivity contribution in [3.8, 4) is 0 Å². The molecule has 3 N–H and O–H groups in total. The van der Waals surface area contributed by atoms with Crippen molar-refractivity contribution < 1.29 is 19.4 Å². The first kappa shape index (κ1) is 17.4. The summed E-state index contributed by atoms with van der Waals surface area (Å²) >= 11 is 0. The Kier molecular flexibility index (Phi) is 7.43. The molecule has 0 aliphatic carbocycles. The molecule has 0 saturated carbocycles. The summed E-state index contributed by atoms with van der Waals surface area (Å²) in [7, 11) is 0. The Morgan fingerprint density at radius 1 is 1.11 bits per heavy atom. The molecule has 1 unspecified atom stereocenters. The topological polar surface area (TPSA) is 81.8 Å². The molecule has 0 aromatic heterocycles. The predicted molar refractivity (Wildman–Crippen MR) is 70.6 cm³/mol. The minimum absolute atomic E-state index is 0.133. The smallest absolute Gasteiger partial charge is 0.323 e. The molecule has 0 saturated heterocycles. The quantitative estimate of drug-likeness (QED) is 0.618. The Labute approximate surface area is 110 Å². The van der Waals surface area contributed by atoms with Gasteiger partial charge < -0.3 is 20.3 Å². The summed E-state index contributed by atoms with van der Waals surface area (Å²) in [6, 6.07) is 0. The van der Waals surface area contributed by atoms with Crippen molar-refractivity contribution >= 4 is 5.97 Å². The normalized spacial score (nSPS) is 15.4. The van der Waals surface area contributed by atoms with E-state index in [0.29, 0.717) is 26.2 Å². The van der Waals surface area contributed by atoms with Gasteiger partial charge in [0.1, 0.15) is 5.54 Å². The largest absolute Gasteiger partial charge is 0.480 e. The van der Waals surface area contributed by atoms with Gasteiger partial charge in [0.2, 0.25) is 0 Å². The average Bonchev–Trinajstić information content (AvgIpc) is 2.20. The molecular weight excluding hydrogens is 234 g/mol. The summed E-state index contributed by atoms with van der Waals surface area (Å²) in [5.41, 5.74) is 4.35. The maximum absolute atomic E-state index is 10.7. The lowest BCUT2D eigenvalue weighted by Gasteiger charge is -2.20. The van der Waals surface area contributed by atoms with Crippen LogP contribution in [0.2, 0.25) is 0 Å². The highest BCUT2D eigenvalue weighted by Crippen LogP contribution is 2.11.